The molecule has 0 radical (unpaired) electrons. The molecular weight excluding hydrogens is 2020 g/mol. The number of ether oxygens (including phenoxy) is 18. The van der Waals surface area contributed by atoms with Crippen LogP contribution in [0, 0.1) is 0 Å². The standard InChI is InChI=1S/C81H132N6O60/c88-7-28-40(100)49(109)58(118)70(139-28)130-16-79(17-131-71-59(119)50(110)41(101)29(8-89)140-71,18-132-72-60(120)51(111)42(102)30(9-90)141-72)85-37(97)4-82-67(127)25-1-26(68(128)83-5-38(98)86-80(19-133-73-61(121)52(112)43(103)31(10-91)142-73,20-134-74-62(122)53(113)44(104)32(11-92)143-74)21-135-75-63(123)54(114)45(105)33(12-93)144-75)3-27(2-25)69(129)84-6-39(99)87-81(22-136-76-64(124)55(115)46(106)34(13-94)145-76,23-137-77-65(125)56(116)47(107)35(14-95)146-77)24-138-78-66(126)57(117)48(108)36(15-96)147-78/h1-3,28-36,40-66,70-78,88-96,100-126H,4-24H2,(H,82,127)(H,83,128)(H,84,129)(H,85,97)(H,86,98)(H,87,99)/t28-,29-,30-,31-,32-,33-,34-,35-,36-,40-,41-,42-,43-,44-,45-,46-,47-,48-,49+,50+,51+,52+,53+,54+,55+,56+,57+,58+,59+,60+,61+,62+,63+,64+,65+,66+,70?,71?,72?,73?,74?,75?,76?,77?,78?,79?,80?,81?/m1/s1. The van der Waals surface area contributed by atoms with E-state index in [1.54, 1.807) is 0 Å². The van der Waals surface area contributed by atoms with E-state index in [1.165, 1.54) is 0 Å². The van der Waals surface area contributed by atoms with E-state index in [0.29, 0.717) is 18.2 Å². The fraction of sp³-hybridized carbons (Fsp3) is 0.852. The Bertz CT molecular complexity index is 3540. The molecule has 9 unspecified atom stereocenters. The van der Waals surface area contributed by atoms with E-state index in [-0.39, 0.29) is 0 Å². The fourth-order valence-corrected chi connectivity index (χ4v) is 16.5. The molecule has 0 aliphatic carbocycles. The first-order valence-corrected chi connectivity index (χ1v) is 45.7. The number of carbonyl (C=O) groups excluding carboxylic acids is 6. The van der Waals surface area contributed by atoms with Gasteiger partial charge in [-0.05, 0) is 18.2 Å². The Balaban J connectivity index is 1.03. The lowest BCUT2D eigenvalue weighted by molar-refractivity contribution is -0.324. The molecule has 66 heteroatoms. The molecule has 10 rings (SSSR count). The maximum absolute atomic E-state index is 15.0. The first kappa shape index (κ1) is 123. The largest absolute Gasteiger partial charge is 0.394 e. The van der Waals surface area contributed by atoms with Gasteiger partial charge in [0, 0.05) is 16.7 Å². The first-order valence-electron chi connectivity index (χ1n) is 45.7. The molecule has 0 bridgehead atoms. The van der Waals surface area contributed by atoms with Crippen molar-refractivity contribution in [3.63, 3.8) is 0 Å². The van der Waals surface area contributed by atoms with Gasteiger partial charge in [-0.3, -0.25) is 28.8 Å². The Morgan fingerprint density at radius 3 is 0.422 bits per heavy atom. The fourth-order valence-electron chi connectivity index (χ4n) is 16.5. The molecule has 42 N–H and O–H groups in total. The Morgan fingerprint density at radius 2 is 0.313 bits per heavy atom. The smallest absolute Gasteiger partial charge is 0.251 e. The van der Waals surface area contributed by atoms with Crippen LogP contribution >= 0.6 is 0 Å². The summed E-state index contributed by atoms with van der Waals surface area (Å²) in [6, 6.07) is 1.88. The maximum atomic E-state index is 15.0. The third-order valence-electron chi connectivity index (χ3n) is 25.5. The minimum Gasteiger partial charge on any atom is -0.394 e. The second kappa shape index (κ2) is 54.8. The van der Waals surface area contributed by atoms with Crippen LogP contribution < -0.4 is 31.9 Å². The van der Waals surface area contributed by atoms with Crippen LogP contribution in [0.25, 0.3) is 0 Å². The lowest BCUT2D eigenvalue weighted by atomic mass is 9.98. The number of amides is 6. The molecule has 9 aliphatic heterocycles. The van der Waals surface area contributed by atoms with Gasteiger partial charge in [0.05, 0.1) is 139 Å². The maximum Gasteiger partial charge on any atom is 0.251 e. The number of hydrogen-bond acceptors (Lipinski definition) is 60. The number of nitrogens with one attached hydrogen (secondary N) is 6. The molecule has 846 valence electrons. The Morgan fingerprint density at radius 1 is 0.197 bits per heavy atom. The quantitative estimate of drug-likeness (QED) is 0.0288. The molecule has 147 heavy (non-hydrogen) atoms. The van der Waals surface area contributed by atoms with Gasteiger partial charge in [-0.2, -0.15) is 0 Å². The molecule has 1 aromatic rings. The van der Waals surface area contributed by atoms with E-state index in [2.05, 4.69) is 31.9 Å². The summed E-state index contributed by atoms with van der Waals surface area (Å²) in [4.78, 5) is 89.8. The molecule has 6 amide bonds. The molecule has 45 atom stereocenters. The summed E-state index contributed by atoms with van der Waals surface area (Å²) in [5, 5.41) is 398. The highest BCUT2D eigenvalue weighted by Crippen LogP contribution is 2.35. The first-order chi connectivity index (χ1) is 69.5. The van der Waals surface area contributed by atoms with Crippen molar-refractivity contribution in [2.75, 3.05) is 139 Å². The number of aliphatic hydroxyl groups is 36. The molecule has 0 saturated carbocycles. The number of aliphatic hydroxyl groups excluding tert-OH is 36. The van der Waals surface area contributed by atoms with Crippen molar-refractivity contribution >= 4 is 35.4 Å². The van der Waals surface area contributed by atoms with Crippen molar-refractivity contribution in [2.24, 2.45) is 0 Å². The third kappa shape index (κ3) is 29.6. The Kier molecular flexibility index (Phi) is 45.7. The average molecular weight is 2150 g/mol. The second-order valence-corrected chi connectivity index (χ2v) is 36.4. The number of benzene rings is 1. The molecule has 66 nitrogen and oxygen atoms in total. The zero-order valence-electron chi connectivity index (χ0n) is 77.5. The van der Waals surface area contributed by atoms with Crippen LogP contribution in [0.3, 0.4) is 0 Å². The van der Waals surface area contributed by atoms with Gasteiger partial charge < -0.3 is 301 Å². The summed E-state index contributed by atoms with van der Waals surface area (Å²) in [5.74, 6) is -9.19. The monoisotopic (exact) mass is 2150 g/mol. The highest BCUT2D eigenvalue weighted by atomic mass is 16.8. The lowest BCUT2D eigenvalue weighted by Crippen LogP contribution is -2.66. The van der Waals surface area contributed by atoms with Gasteiger partial charge in [0.25, 0.3) is 17.7 Å². The average Bonchev–Trinajstić information content (AvgIpc) is 0.790. The summed E-state index contributed by atoms with van der Waals surface area (Å²) in [5.41, 5.74) is -10.8. The molecule has 0 aromatic heterocycles. The minimum atomic E-state index is -2.67. The summed E-state index contributed by atoms with van der Waals surface area (Å²) >= 11 is 0. The molecule has 9 saturated heterocycles. The Labute approximate surface area is 829 Å². The lowest BCUT2D eigenvalue weighted by Gasteiger charge is -2.44. The molecule has 9 heterocycles. The highest BCUT2D eigenvalue weighted by Gasteiger charge is 2.57. The van der Waals surface area contributed by atoms with Gasteiger partial charge in [-0.15, -0.1) is 0 Å². The highest BCUT2D eigenvalue weighted by molar-refractivity contribution is 6.06. The van der Waals surface area contributed by atoms with E-state index in [4.69, 9.17) is 85.3 Å². The number of rotatable bonds is 48. The minimum absolute atomic E-state index is 0.626. The zero-order chi connectivity index (χ0) is 109. The topological polar surface area (TPSA) is 1070 Å². The van der Waals surface area contributed by atoms with Gasteiger partial charge in [-0.25, -0.2) is 0 Å². The predicted molar refractivity (Wildman–Crippen MR) is 454 cm³/mol. The van der Waals surface area contributed by atoms with E-state index >= 15 is 14.4 Å². The van der Waals surface area contributed by atoms with Gasteiger partial charge in [-0.1, -0.05) is 0 Å². The van der Waals surface area contributed by atoms with Crippen LogP contribution in [-0.4, -0.2) is 651 Å². The number of hydrogen-bond donors (Lipinski definition) is 42. The van der Waals surface area contributed by atoms with E-state index < -0.39 is 484 Å². The van der Waals surface area contributed by atoms with Crippen molar-refractivity contribution < 1.29 is 298 Å². The van der Waals surface area contributed by atoms with E-state index in [0.717, 1.165) is 0 Å². The molecule has 0 spiro atoms. The summed E-state index contributed by atoms with van der Waals surface area (Å²) in [6.45, 7) is -25.5. The van der Waals surface area contributed by atoms with Crippen LogP contribution in [0.15, 0.2) is 18.2 Å². The normalized spacial score (nSPS) is 41.3. The van der Waals surface area contributed by atoms with Gasteiger partial charge in [0.1, 0.15) is 236 Å². The van der Waals surface area contributed by atoms with Gasteiger partial charge >= 0.3 is 0 Å². The zero-order valence-corrected chi connectivity index (χ0v) is 77.5. The van der Waals surface area contributed by atoms with Crippen molar-refractivity contribution in [1.82, 2.24) is 31.9 Å². The third-order valence-corrected chi connectivity index (χ3v) is 25.5. The SMILES string of the molecule is O=C(CNC(=O)c1cc(C(=O)NCC(=O)NC(COC2O[C@H](CO)[C@@H](O)[C@H](O)[C@@H]2O)(COC2O[C@H](CO)[C@@H](O)[C@H](O)[C@@H]2O)COC2O[C@H](CO)[C@@H](O)[C@H](O)[C@@H]2O)cc(C(=O)NCC(=O)NC(COC2O[C@H](CO)[C@@H](O)[C@H](O)[C@@H]2O)(COC2O[C@H](CO)[C@@H](O)[C@H](O)[C@@H]2O)COC2O[C@H](CO)[C@@H](O)[C@H](O)[C@@H]2O)c1)NC(COC1O[C@H](CO)[C@@H](O)[C@H](O)[C@@H]1O)(COC1O[C@H](CO)[C@@H](O)[C@H](O)[C@@H]1O)COC1O[C@H](CO)[C@@H](O)[C@H](O)[C@@H]1O. The molecule has 1 aromatic carbocycles. The molecular formula is C81H132N6O60. The van der Waals surface area contributed by atoms with Crippen LogP contribution in [0.1, 0.15) is 31.1 Å². The summed E-state index contributed by atoms with van der Waals surface area (Å²) in [6.07, 6.45) is -94.0. The summed E-state index contributed by atoms with van der Waals surface area (Å²) < 4.78 is 102. The van der Waals surface area contributed by atoms with E-state index in [1.807, 2.05) is 0 Å². The van der Waals surface area contributed by atoms with Crippen LogP contribution in [-0.2, 0) is 99.6 Å². The van der Waals surface area contributed by atoms with Crippen molar-refractivity contribution in [3.05, 3.63) is 34.9 Å². The predicted octanol–water partition coefficient (Wildman–Crippen LogP) is -28.2. The summed E-state index contributed by atoms with van der Waals surface area (Å²) in [7, 11) is 0. The Hall–Kier alpha value is -6.12. The van der Waals surface area contributed by atoms with Crippen molar-refractivity contribution in [3.8, 4) is 0 Å². The number of carbonyl (C=O) groups is 6. The second-order valence-electron chi connectivity index (χ2n) is 36.4. The van der Waals surface area contributed by atoms with Gasteiger partial charge in [0.15, 0.2) is 56.6 Å². The van der Waals surface area contributed by atoms with Gasteiger partial charge in [0.2, 0.25) is 17.7 Å². The van der Waals surface area contributed by atoms with Crippen molar-refractivity contribution in [2.45, 2.75) is 293 Å². The van der Waals surface area contributed by atoms with Crippen molar-refractivity contribution in [1.29, 1.82) is 0 Å². The van der Waals surface area contributed by atoms with Crippen LogP contribution in [0.4, 0.5) is 0 Å². The van der Waals surface area contributed by atoms with E-state index in [9.17, 15) is 198 Å². The molecule has 9 fully saturated rings. The molecule has 9 aliphatic rings. The van der Waals surface area contributed by atoms with Crippen LogP contribution in [0.5, 0.6) is 0 Å². The van der Waals surface area contributed by atoms with Crippen LogP contribution in [0.2, 0.25) is 0 Å².